The predicted octanol–water partition coefficient (Wildman–Crippen LogP) is 2.26. The molecule has 0 bridgehead atoms. The summed E-state index contributed by atoms with van der Waals surface area (Å²) in [6.07, 6.45) is -5.01. The summed E-state index contributed by atoms with van der Waals surface area (Å²) in [7, 11) is 0. The van der Waals surface area contributed by atoms with Gasteiger partial charge in [-0.25, -0.2) is 0 Å². The summed E-state index contributed by atoms with van der Waals surface area (Å²) < 4.78 is 40.7. The van der Waals surface area contributed by atoms with E-state index in [2.05, 4.69) is 5.32 Å². The Morgan fingerprint density at radius 1 is 1.31 bits per heavy atom. The molecule has 2 unspecified atom stereocenters. The minimum absolute atomic E-state index is 0.0794. The molecule has 0 aliphatic rings. The zero-order valence-corrected chi connectivity index (χ0v) is 9.73. The van der Waals surface area contributed by atoms with Crippen LogP contribution in [0.2, 0.25) is 0 Å². The van der Waals surface area contributed by atoms with Crippen molar-refractivity contribution in [3.8, 4) is 0 Å². The highest BCUT2D eigenvalue weighted by atomic mass is 19.4. The van der Waals surface area contributed by atoms with Gasteiger partial charge in [0.25, 0.3) is 0 Å². The largest absolute Gasteiger partial charge is 0.466 e. The summed E-state index contributed by atoms with van der Waals surface area (Å²) in [6, 6.07) is -1.03. The maximum absolute atomic E-state index is 12.0. The Bertz CT molecular complexity index is 219. The number of hydrogen-bond acceptors (Lipinski definition) is 3. The molecule has 0 rings (SSSR count). The maximum Gasteiger partial charge on any atom is 0.390 e. The standard InChI is InChI=1S/C10H18F3NO2/c1-4-16-9(15)5-7(2)14-8(3)6-10(11,12)13/h7-8,14H,4-6H2,1-3H3. The van der Waals surface area contributed by atoms with Crippen LogP contribution in [0.3, 0.4) is 0 Å². The number of rotatable bonds is 6. The fraction of sp³-hybridized carbons (Fsp3) is 0.900. The van der Waals surface area contributed by atoms with Crippen molar-refractivity contribution in [3.63, 3.8) is 0 Å². The molecular formula is C10H18F3NO2. The zero-order valence-electron chi connectivity index (χ0n) is 9.73. The van der Waals surface area contributed by atoms with E-state index in [0.717, 1.165) is 0 Å². The van der Waals surface area contributed by atoms with Gasteiger partial charge in [-0.2, -0.15) is 13.2 Å². The van der Waals surface area contributed by atoms with Gasteiger partial charge >= 0.3 is 12.1 Å². The van der Waals surface area contributed by atoms with Gasteiger partial charge in [0, 0.05) is 12.1 Å². The summed E-state index contributed by atoms with van der Waals surface area (Å²) >= 11 is 0. The molecule has 0 aromatic heterocycles. The van der Waals surface area contributed by atoms with E-state index in [9.17, 15) is 18.0 Å². The number of carbonyl (C=O) groups excluding carboxylic acids is 1. The number of hydrogen-bond donors (Lipinski definition) is 1. The number of ether oxygens (including phenoxy) is 1. The van der Waals surface area contributed by atoms with Gasteiger partial charge in [0.2, 0.25) is 0 Å². The van der Waals surface area contributed by atoms with Crippen LogP contribution < -0.4 is 5.32 Å². The van der Waals surface area contributed by atoms with Crippen LogP contribution in [-0.2, 0) is 9.53 Å². The summed E-state index contributed by atoms with van der Waals surface area (Å²) in [6.45, 7) is 5.06. The van der Waals surface area contributed by atoms with E-state index >= 15 is 0 Å². The lowest BCUT2D eigenvalue weighted by Gasteiger charge is -2.20. The Morgan fingerprint density at radius 2 is 1.88 bits per heavy atom. The highest BCUT2D eigenvalue weighted by Gasteiger charge is 2.30. The molecule has 0 saturated carbocycles. The van der Waals surface area contributed by atoms with E-state index < -0.39 is 24.6 Å². The van der Waals surface area contributed by atoms with Crippen molar-refractivity contribution in [1.82, 2.24) is 5.32 Å². The second-order valence-corrected chi connectivity index (χ2v) is 3.80. The molecule has 0 aliphatic heterocycles. The molecule has 0 saturated heterocycles. The molecule has 0 aliphatic carbocycles. The zero-order chi connectivity index (χ0) is 12.8. The molecule has 96 valence electrons. The van der Waals surface area contributed by atoms with Crippen molar-refractivity contribution in [1.29, 1.82) is 0 Å². The number of nitrogens with one attached hydrogen (secondary N) is 1. The molecule has 3 nitrogen and oxygen atoms in total. The van der Waals surface area contributed by atoms with Crippen LogP contribution >= 0.6 is 0 Å². The highest BCUT2D eigenvalue weighted by Crippen LogP contribution is 2.21. The van der Waals surface area contributed by atoms with E-state index in [1.807, 2.05) is 0 Å². The van der Waals surface area contributed by atoms with Crippen molar-refractivity contribution in [2.24, 2.45) is 0 Å². The van der Waals surface area contributed by atoms with Crippen LogP contribution in [0.25, 0.3) is 0 Å². The Kier molecular flexibility index (Phi) is 6.40. The predicted molar refractivity (Wildman–Crippen MR) is 54.0 cm³/mol. The lowest BCUT2D eigenvalue weighted by Crippen LogP contribution is -2.38. The van der Waals surface area contributed by atoms with Crippen LogP contribution in [-0.4, -0.2) is 30.8 Å². The molecule has 0 heterocycles. The quantitative estimate of drug-likeness (QED) is 0.725. The van der Waals surface area contributed by atoms with Crippen molar-refractivity contribution >= 4 is 5.97 Å². The first-order valence-electron chi connectivity index (χ1n) is 5.23. The van der Waals surface area contributed by atoms with E-state index in [1.165, 1.54) is 6.92 Å². The minimum atomic E-state index is -4.18. The third-order valence-corrected chi connectivity index (χ3v) is 1.88. The monoisotopic (exact) mass is 241 g/mol. The van der Waals surface area contributed by atoms with Crippen molar-refractivity contribution in [2.45, 2.75) is 51.9 Å². The number of esters is 1. The van der Waals surface area contributed by atoms with Gasteiger partial charge in [0.05, 0.1) is 19.4 Å². The first kappa shape index (κ1) is 15.2. The van der Waals surface area contributed by atoms with Gasteiger partial charge in [-0.05, 0) is 20.8 Å². The molecule has 0 aromatic carbocycles. The summed E-state index contributed by atoms with van der Waals surface area (Å²) in [5.41, 5.74) is 0. The van der Waals surface area contributed by atoms with Crippen molar-refractivity contribution < 1.29 is 22.7 Å². The van der Waals surface area contributed by atoms with Gasteiger partial charge in [-0.3, -0.25) is 4.79 Å². The highest BCUT2D eigenvalue weighted by molar-refractivity contribution is 5.69. The van der Waals surface area contributed by atoms with Crippen LogP contribution in [0.5, 0.6) is 0 Å². The second-order valence-electron chi connectivity index (χ2n) is 3.80. The van der Waals surface area contributed by atoms with Crippen molar-refractivity contribution in [3.05, 3.63) is 0 Å². The molecular weight excluding hydrogens is 223 g/mol. The minimum Gasteiger partial charge on any atom is -0.466 e. The molecule has 0 aromatic rings. The SMILES string of the molecule is CCOC(=O)CC(C)NC(C)CC(F)(F)F. The average molecular weight is 241 g/mol. The summed E-state index contributed by atoms with van der Waals surface area (Å²) in [5, 5.41) is 2.70. The van der Waals surface area contributed by atoms with Gasteiger partial charge in [-0.15, -0.1) is 0 Å². The third kappa shape index (κ3) is 8.52. The molecule has 0 spiro atoms. The molecule has 6 heteroatoms. The first-order valence-corrected chi connectivity index (χ1v) is 5.23. The molecule has 0 radical (unpaired) electrons. The molecule has 16 heavy (non-hydrogen) atoms. The molecule has 1 N–H and O–H groups in total. The average Bonchev–Trinajstić information content (AvgIpc) is 1.98. The Hall–Kier alpha value is -0.780. The lowest BCUT2D eigenvalue weighted by atomic mass is 10.1. The number of carbonyl (C=O) groups is 1. The van der Waals surface area contributed by atoms with Crippen molar-refractivity contribution in [2.75, 3.05) is 6.61 Å². The Morgan fingerprint density at radius 3 is 2.31 bits per heavy atom. The van der Waals surface area contributed by atoms with Crippen LogP contribution in [0.4, 0.5) is 13.2 Å². The molecule has 0 amide bonds. The summed E-state index contributed by atoms with van der Waals surface area (Å²) in [4.78, 5) is 11.0. The number of alkyl halides is 3. The van der Waals surface area contributed by atoms with Gasteiger partial charge in [-0.1, -0.05) is 0 Å². The Balaban J connectivity index is 3.86. The summed E-state index contributed by atoms with van der Waals surface area (Å²) in [5.74, 6) is -0.401. The topological polar surface area (TPSA) is 38.3 Å². The molecule has 2 atom stereocenters. The van der Waals surface area contributed by atoms with Crippen LogP contribution in [0.1, 0.15) is 33.6 Å². The van der Waals surface area contributed by atoms with Crippen LogP contribution in [0, 0.1) is 0 Å². The number of halogens is 3. The van der Waals surface area contributed by atoms with Gasteiger partial charge in [0.1, 0.15) is 0 Å². The second kappa shape index (κ2) is 6.73. The van der Waals surface area contributed by atoms with E-state index in [-0.39, 0.29) is 19.1 Å². The van der Waals surface area contributed by atoms with E-state index in [4.69, 9.17) is 4.74 Å². The fourth-order valence-corrected chi connectivity index (χ4v) is 1.42. The maximum atomic E-state index is 12.0. The van der Waals surface area contributed by atoms with E-state index in [1.54, 1.807) is 13.8 Å². The normalized spacial score (nSPS) is 15.6. The lowest BCUT2D eigenvalue weighted by molar-refractivity contribution is -0.144. The third-order valence-electron chi connectivity index (χ3n) is 1.88. The first-order chi connectivity index (χ1) is 7.24. The van der Waals surface area contributed by atoms with Crippen LogP contribution in [0.15, 0.2) is 0 Å². The molecule has 0 fully saturated rings. The Labute approximate surface area is 93.3 Å². The van der Waals surface area contributed by atoms with Gasteiger partial charge < -0.3 is 10.1 Å². The van der Waals surface area contributed by atoms with Gasteiger partial charge in [0.15, 0.2) is 0 Å². The smallest absolute Gasteiger partial charge is 0.390 e. The fourth-order valence-electron chi connectivity index (χ4n) is 1.42. The van der Waals surface area contributed by atoms with E-state index in [0.29, 0.717) is 0 Å².